The van der Waals surface area contributed by atoms with Crippen molar-refractivity contribution < 1.29 is 23.9 Å². The normalized spacial score (nSPS) is 13.0. The predicted octanol–water partition coefficient (Wildman–Crippen LogP) is 3.14. The molecule has 0 N–H and O–H groups in total. The molecule has 0 aliphatic carbocycles. The van der Waals surface area contributed by atoms with Crippen LogP contribution in [-0.4, -0.2) is 37.4 Å². The van der Waals surface area contributed by atoms with E-state index < -0.39 is 24.3 Å². The van der Waals surface area contributed by atoms with Crippen LogP contribution in [0.1, 0.15) is 10.4 Å². The Morgan fingerprint density at radius 2 is 1.88 bits per heavy atom. The number of ketones is 1. The lowest BCUT2D eigenvalue weighted by Gasteiger charge is -2.28. The van der Waals surface area contributed by atoms with Gasteiger partial charge in [-0.25, -0.2) is 4.79 Å². The van der Waals surface area contributed by atoms with Crippen molar-refractivity contribution in [2.45, 2.75) is 0 Å². The third-order valence-corrected chi connectivity index (χ3v) is 4.41. The van der Waals surface area contributed by atoms with Crippen LogP contribution >= 0.6 is 23.2 Å². The summed E-state index contributed by atoms with van der Waals surface area (Å²) in [4.78, 5) is 37.3. The zero-order chi connectivity index (χ0) is 18.7. The first kappa shape index (κ1) is 18.2. The third-order valence-electron chi connectivity index (χ3n) is 3.68. The van der Waals surface area contributed by atoms with Crippen LogP contribution in [0.15, 0.2) is 42.5 Å². The fraction of sp³-hybridized carbons (Fsp3) is 0.167. The highest BCUT2D eigenvalue weighted by molar-refractivity contribution is 6.42. The molecule has 0 spiro atoms. The van der Waals surface area contributed by atoms with Crippen molar-refractivity contribution in [2.75, 3.05) is 24.6 Å². The maximum absolute atomic E-state index is 12.1. The molecule has 0 fully saturated rings. The molecule has 0 radical (unpaired) electrons. The van der Waals surface area contributed by atoms with E-state index in [9.17, 15) is 14.4 Å². The largest absolute Gasteiger partial charge is 0.456 e. The van der Waals surface area contributed by atoms with Gasteiger partial charge in [-0.2, -0.15) is 0 Å². The van der Waals surface area contributed by atoms with E-state index in [2.05, 4.69) is 0 Å². The average Bonchev–Trinajstić information content (AvgIpc) is 2.62. The van der Waals surface area contributed by atoms with Crippen LogP contribution in [0.5, 0.6) is 5.75 Å². The van der Waals surface area contributed by atoms with Crippen molar-refractivity contribution >= 4 is 46.6 Å². The molecule has 8 heteroatoms. The number of anilines is 1. The second-order valence-electron chi connectivity index (χ2n) is 5.51. The lowest BCUT2D eigenvalue weighted by Crippen LogP contribution is -2.40. The Bertz CT molecular complexity index is 884. The second kappa shape index (κ2) is 7.76. The van der Waals surface area contributed by atoms with Crippen molar-refractivity contribution in [3.63, 3.8) is 0 Å². The van der Waals surface area contributed by atoms with Gasteiger partial charge in [0.25, 0.3) is 0 Å². The van der Waals surface area contributed by atoms with E-state index >= 15 is 0 Å². The van der Waals surface area contributed by atoms with E-state index in [-0.39, 0.29) is 18.1 Å². The van der Waals surface area contributed by atoms with Gasteiger partial charge in [-0.1, -0.05) is 35.3 Å². The Kier molecular flexibility index (Phi) is 5.44. The smallest absolute Gasteiger partial charge is 0.331 e. The SMILES string of the molecule is O=C(CN1CC(=O)Oc2ccccc21)OCC(=O)c1ccc(Cl)c(Cl)c1. The second-order valence-corrected chi connectivity index (χ2v) is 6.33. The van der Waals surface area contributed by atoms with Crippen LogP contribution in [0.4, 0.5) is 5.69 Å². The van der Waals surface area contributed by atoms with Gasteiger partial charge in [0.05, 0.1) is 15.7 Å². The minimum absolute atomic E-state index is 0.0765. The molecule has 0 aromatic heterocycles. The molecule has 0 atom stereocenters. The summed E-state index contributed by atoms with van der Waals surface area (Å²) >= 11 is 11.7. The van der Waals surface area contributed by atoms with E-state index in [1.807, 2.05) is 0 Å². The number of ether oxygens (including phenoxy) is 2. The lowest BCUT2D eigenvalue weighted by atomic mass is 10.1. The lowest BCUT2D eigenvalue weighted by molar-refractivity contribution is -0.141. The van der Waals surface area contributed by atoms with Crippen molar-refractivity contribution in [3.8, 4) is 5.75 Å². The van der Waals surface area contributed by atoms with E-state index in [1.54, 1.807) is 24.3 Å². The first-order valence-electron chi connectivity index (χ1n) is 7.62. The summed E-state index contributed by atoms with van der Waals surface area (Å²) in [5.41, 5.74) is 0.902. The molecule has 1 aliphatic heterocycles. The minimum Gasteiger partial charge on any atom is -0.456 e. The van der Waals surface area contributed by atoms with Gasteiger partial charge in [-0.15, -0.1) is 0 Å². The van der Waals surface area contributed by atoms with Gasteiger partial charge in [0.1, 0.15) is 13.1 Å². The third kappa shape index (κ3) is 4.15. The predicted molar refractivity (Wildman–Crippen MR) is 96.0 cm³/mol. The standard InChI is InChI=1S/C18H13Cl2NO5/c19-12-6-5-11(7-13(12)20)15(22)10-25-17(23)8-21-9-18(24)26-16-4-2-1-3-14(16)21/h1-7H,8-10H2. The van der Waals surface area contributed by atoms with Crippen molar-refractivity contribution in [1.29, 1.82) is 0 Å². The number of hydrogen-bond donors (Lipinski definition) is 0. The Morgan fingerprint density at radius 1 is 1.12 bits per heavy atom. The summed E-state index contributed by atoms with van der Waals surface area (Å²) in [5.74, 6) is -1.13. The summed E-state index contributed by atoms with van der Waals surface area (Å²) in [7, 11) is 0. The quantitative estimate of drug-likeness (QED) is 0.441. The van der Waals surface area contributed by atoms with Gasteiger partial charge in [0.2, 0.25) is 0 Å². The molecular weight excluding hydrogens is 381 g/mol. The monoisotopic (exact) mass is 393 g/mol. The first-order valence-corrected chi connectivity index (χ1v) is 8.38. The summed E-state index contributed by atoms with van der Waals surface area (Å²) < 4.78 is 10.1. The molecule has 0 unspecified atom stereocenters. The van der Waals surface area contributed by atoms with E-state index in [4.69, 9.17) is 32.7 Å². The van der Waals surface area contributed by atoms with Gasteiger partial charge in [0, 0.05) is 5.56 Å². The number of benzene rings is 2. The molecule has 0 bridgehead atoms. The van der Waals surface area contributed by atoms with Crippen LogP contribution in [-0.2, 0) is 14.3 Å². The number of carbonyl (C=O) groups excluding carboxylic acids is 3. The van der Waals surface area contributed by atoms with Crippen LogP contribution in [0, 0.1) is 0 Å². The zero-order valence-electron chi connectivity index (χ0n) is 13.4. The fourth-order valence-electron chi connectivity index (χ4n) is 2.44. The highest BCUT2D eigenvalue weighted by atomic mass is 35.5. The number of hydrogen-bond acceptors (Lipinski definition) is 6. The highest BCUT2D eigenvalue weighted by Gasteiger charge is 2.26. The Balaban J connectivity index is 1.60. The number of carbonyl (C=O) groups is 3. The first-order chi connectivity index (χ1) is 12.4. The van der Waals surface area contributed by atoms with Gasteiger partial charge in [0.15, 0.2) is 18.1 Å². The molecule has 0 amide bonds. The Hall–Kier alpha value is -2.57. The molecule has 134 valence electrons. The molecule has 26 heavy (non-hydrogen) atoms. The van der Waals surface area contributed by atoms with Crippen molar-refractivity contribution in [2.24, 2.45) is 0 Å². The number of rotatable bonds is 5. The molecule has 6 nitrogen and oxygen atoms in total. The van der Waals surface area contributed by atoms with E-state index in [0.717, 1.165) is 0 Å². The van der Waals surface area contributed by atoms with Crippen LogP contribution < -0.4 is 9.64 Å². The molecule has 2 aromatic rings. The zero-order valence-corrected chi connectivity index (χ0v) is 14.9. The number of halogens is 2. The maximum Gasteiger partial charge on any atom is 0.331 e. The number of para-hydroxylation sites is 2. The van der Waals surface area contributed by atoms with Crippen molar-refractivity contribution in [1.82, 2.24) is 0 Å². The maximum atomic E-state index is 12.1. The molecule has 0 saturated heterocycles. The average molecular weight is 394 g/mol. The van der Waals surface area contributed by atoms with Crippen LogP contribution in [0.25, 0.3) is 0 Å². The summed E-state index contributed by atoms with van der Waals surface area (Å²) in [6, 6.07) is 11.3. The molecule has 1 heterocycles. The van der Waals surface area contributed by atoms with Crippen molar-refractivity contribution in [3.05, 3.63) is 58.1 Å². The Morgan fingerprint density at radius 3 is 2.65 bits per heavy atom. The van der Waals surface area contributed by atoms with Crippen LogP contribution in [0.3, 0.4) is 0 Å². The van der Waals surface area contributed by atoms with Gasteiger partial charge >= 0.3 is 11.9 Å². The fourth-order valence-corrected chi connectivity index (χ4v) is 2.74. The van der Waals surface area contributed by atoms with Crippen LogP contribution in [0.2, 0.25) is 10.0 Å². The number of nitrogens with zero attached hydrogens (tertiary/aromatic N) is 1. The van der Waals surface area contributed by atoms with E-state index in [0.29, 0.717) is 22.0 Å². The van der Waals surface area contributed by atoms with Gasteiger partial charge < -0.3 is 14.4 Å². The summed E-state index contributed by atoms with van der Waals surface area (Å²) in [6.45, 7) is -0.690. The van der Waals surface area contributed by atoms with Gasteiger partial charge in [-0.3, -0.25) is 9.59 Å². The van der Waals surface area contributed by atoms with Gasteiger partial charge in [-0.05, 0) is 30.3 Å². The molecule has 2 aromatic carbocycles. The summed E-state index contributed by atoms with van der Waals surface area (Å²) in [5, 5.41) is 0.572. The summed E-state index contributed by atoms with van der Waals surface area (Å²) in [6.07, 6.45) is 0. The number of Topliss-reactive ketones (excluding diaryl/α,β-unsaturated/α-hetero) is 1. The minimum atomic E-state index is -0.636. The molecule has 0 saturated carbocycles. The topological polar surface area (TPSA) is 72.9 Å². The molecule has 1 aliphatic rings. The number of fused-ring (bicyclic) bond motifs is 1. The Labute approximate surface area is 159 Å². The highest BCUT2D eigenvalue weighted by Crippen LogP contribution is 2.31. The number of esters is 2. The van der Waals surface area contributed by atoms with E-state index in [1.165, 1.54) is 23.1 Å². The molecular formula is C18H13Cl2NO5. The molecule has 3 rings (SSSR count).